The van der Waals surface area contributed by atoms with Crippen molar-refractivity contribution >= 4 is 11.8 Å². The lowest BCUT2D eigenvalue weighted by Gasteiger charge is -2.10. The van der Waals surface area contributed by atoms with Crippen LogP contribution in [0.3, 0.4) is 0 Å². The minimum Gasteiger partial charge on any atom is -0.383 e. The van der Waals surface area contributed by atoms with Crippen molar-refractivity contribution in [1.29, 1.82) is 0 Å². The molecule has 0 aromatic carbocycles. The maximum atomic E-state index is 5.63. The monoisotopic (exact) mass is 166 g/mol. The van der Waals surface area contributed by atoms with E-state index in [-0.39, 0.29) is 5.95 Å². The number of anilines is 2. The van der Waals surface area contributed by atoms with Crippen LogP contribution in [0, 0.1) is 6.92 Å². The van der Waals surface area contributed by atoms with Gasteiger partial charge >= 0.3 is 0 Å². The van der Waals surface area contributed by atoms with Crippen LogP contribution in [0.4, 0.5) is 11.8 Å². The third-order valence-electron chi connectivity index (χ3n) is 1.79. The van der Waals surface area contributed by atoms with Crippen molar-refractivity contribution in [3.05, 3.63) is 11.3 Å². The summed E-state index contributed by atoms with van der Waals surface area (Å²) in [5.74, 6) is 1.06. The van der Waals surface area contributed by atoms with Crippen LogP contribution in [0.1, 0.15) is 31.0 Å². The molecule has 0 aliphatic rings. The summed E-state index contributed by atoms with van der Waals surface area (Å²) >= 11 is 0. The highest BCUT2D eigenvalue weighted by Gasteiger charge is 2.09. The Labute approximate surface area is 72.0 Å². The molecule has 4 N–H and O–H groups in total. The summed E-state index contributed by atoms with van der Waals surface area (Å²) in [6.07, 6.45) is 0. The maximum absolute atomic E-state index is 5.63. The van der Waals surface area contributed by atoms with Gasteiger partial charge in [-0.25, -0.2) is 4.98 Å². The van der Waals surface area contributed by atoms with Crippen molar-refractivity contribution in [2.75, 3.05) is 11.5 Å². The van der Waals surface area contributed by atoms with Crippen LogP contribution < -0.4 is 11.5 Å². The highest BCUT2D eigenvalue weighted by molar-refractivity contribution is 5.45. The van der Waals surface area contributed by atoms with E-state index < -0.39 is 0 Å². The van der Waals surface area contributed by atoms with Gasteiger partial charge in [-0.3, -0.25) is 0 Å². The van der Waals surface area contributed by atoms with Gasteiger partial charge in [0.25, 0.3) is 0 Å². The van der Waals surface area contributed by atoms with Gasteiger partial charge < -0.3 is 11.5 Å². The zero-order chi connectivity index (χ0) is 9.30. The first kappa shape index (κ1) is 8.77. The summed E-state index contributed by atoms with van der Waals surface area (Å²) in [4.78, 5) is 7.98. The topological polar surface area (TPSA) is 77.8 Å². The van der Waals surface area contributed by atoms with Crippen molar-refractivity contribution < 1.29 is 0 Å². The van der Waals surface area contributed by atoms with E-state index in [2.05, 4.69) is 9.97 Å². The number of hydrogen-bond acceptors (Lipinski definition) is 4. The molecule has 0 aliphatic carbocycles. The number of nitrogens with zero attached hydrogens (tertiary/aromatic N) is 2. The molecule has 0 saturated heterocycles. The van der Waals surface area contributed by atoms with E-state index in [9.17, 15) is 0 Å². The minimum atomic E-state index is 0.252. The molecule has 4 heteroatoms. The molecular formula is C8H14N4. The molecule has 0 fully saturated rings. The molecule has 66 valence electrons. The van der Waals surface area contributed by atoms with E-state index in [0.29, 0.717) is 11.7 Å². The SMILES string of the molecule is Cc1c(N)nc(N)nc1C(C)C. The Morgan fingerprint density at radius 3 is 2.25 bits per heavy atom. The number of nitrogens with two attached hydrogens (primary N) is 2. The summed E-state index contributed by atoms with van der Waals surface area (Å²) in [5, 5.41) is 0. The summed E-state index contributed by atoms with van der Waals surface area (Å²) in [6, 6.07) is 0. The lowest BCUT2D eigenvalue weighted by molar-refractivity contribution is 0.807. The minimum absolute atomic E-state index is 0.252. The predicted octanol–water partition coefficient (Wildman–Crippen LogP) is 1.07. The number of rotatable bonds is 1. The second-order valence-corrected chi connectivity index (χ2v) is 3.13. The molecule has 1 rings (SSSR count). The Hall–Kier alpha value is -1.32. The Morgan fingerprint density at radius 1 is 1.17 bits per heavy atom. The van der Waals surface area contributed by atoms with Crippen molar-refractivity contribution in [3.63, 3.8) is 0 Å². The summed E-state index contributed by atoms with van der Waals surface area (Å²) in [5.41, 5.74) is 13.0. The van der Waals surface area contributed by atoms with Gasteiger partial charge in [-0.05, 0) is 12.8 Å². The first-order valence-corrected chi connectivity index (χ1v) is 3.92. The molecule has 0 atom stereocenters. The quantitative estimate of drug-likeness (QED) is 0.654. The van der Waals surface area contributed by atoms with Crippen LogP contribution in [0.25, 0.3) is 0 Å². The lowest BCUT2D eigenvalue weighted by Crippen LogP contribution is -2.07. The Kier molecular flexibility index (Phi) is 2.17. The molecule has 0 bridgehead atoms. The number of nitrogen functional groups attached to an aromatic ring is 2. The molecule has 0 radical (unpaired) electrons. The fraction of sp³-hybridized carbons (Fsp3) is 0.500. The molecule has 1 aromatic rings. The van der Waals surface area contributed by atoms with Gasteiger partial charge in [-0.15, -0.1) is 0 Å². The molecule has 0 unspecified atom stereocenters. The zero-order valence-corrected chi connectivity index (χ0v) is 7.63. The van der Waals surface area contributed by atoms with Crippen LogP contribution in [0.2, 0.25) is 0 Å². The van der Waals surface area contributed by atoms with Crippen molar-refractivity contribution in [2.24, 2.45) is 0 Å². The molecule has 1 aromatic heterocycles. The van der Waals surface area contributed by atoms with Gasteiger partial charge in [0.1, 0.15) is 5.82 Å². The van der Waals surface area contributed by atoms with Gasteiger partial charge in [-0.2, -0.15) is 4.98 Å². The highest BCUT2D eigenvalue weighted by atomic mass is 15.0. The molecule has 0 spiro atoms. The van der Waals surface area contributed by atoms with E-state index in [1.165, 1.54) is 0 Å². The molecule has 0 saturated carbocycles. The van der Waals surface area contributed by atoms with Crippen LogP contribution in [-0.4, -0.2) is 9.97 Å². The van der Waals surface area contributed by atoms with Crippen LogP contribution >= 0.6 is 0 Å². The number of aromatic nitrogens is 2. The Bertz CT molecular complexity index is 293. The molecular weight excluding hydrogens is 152 g/mol. The maximum Gasteiger partial charge on any atom is 0.222 e. The van der Waals surface area contributed by atoms with E-state index in [0.717, 1.165) is 11.3 Å². The van der Waals surface area contributed by atoms with Crippen LogP contribution in [0.15, 0.2) is 0 Å². The summed E-state index contributed by atoms with van der Waals surface area (Å²) < 4.78 is 0. The molecule has 1 heterocycles. The summed E-state index contributed by atoms with van der Waals surface area (Å²) in [7, 11) is 0. The average molecular weight is 166 g/mol. The smallest absolute Gasteiger partial charge is 0.222 e. The molecule has 4 nitrogen and oxygen atoms in total. The zero-order valence-electron chi connectivity index (χ0n) is 7.63. The standard InChI is InChI=1S/C8H14N4/c1-4(2)6-5(3)7(9)12-8(10)11-6/h4H,1-3H3,(H4,9,10,11,12). The Balaban J connectivity index is 3.28. The third-order valence-corrected chi connectivity index (χ3v) is 1.79. The predicted molar refractivity (Wildman–Crippen MR) is 49.7 cm³/mol. The first-order chi connectivity index (χ1) is 5.52. The van der Waals surface area contributed by atoms with Crippen LogP contribution in [0.5, 0.6) is 0 Å². The largest absolute Gasteiger partial charge is 0.383 e. The van der Waals surface area contributed by atoms with E-state index >= 15 is 0 Å². The normalized spacial score (nSPS) is 10.7. The molecule has 0 amide bonds. The van der Waals surface area contributed by atoms with Gasteiger partial charge in [0, 0.05) is 5.56 Å². The third kappa shape index (κ3) is 1.47. The average Bonchev–Trinajstić information content (AvgIpc) is 1.96. The second-order valence-electron chi connectivity index (χ2n) is 3.13. The van der Waals surface area contributed by atoms with E-state index in [1.54, 1.807) is 0 Å². The van der Waals surface area contributed by atoms with Crippen molar-refractivity contribution in [3.8, 4) is 0 Å². The van der Waals surface area contributed by atoms with E-state index in [4.69, 9.17) is 11.5 Å². The highest BCUT2D eigenvalue weighted by Crippen LogP contribution is 2.20. The fourth-order valence-corrected chi connectivity index (χ4v) is 1.13. The van der Waals surface area contributed by atoms with Gasteiger partial charge in [0.15, 0.2) is 0 Å². The molecule has 12 heavy (non-hydrogen) atoms. The van der Waals surface area contributed by atoms with Crippen LogP contribution in [-0.2, 0) is 0 Å². The van der Waals surface area contributed by atoms with Gasteiger partial charge in [-0.1, -0.05) is 13.8 Å². The van der Waals surface area contributed by atoms with Crippen molar-refractivity contribution in [2.45, 2.75) is 26.7 Å². The Morgan fingerprint density at radius 2 is 1.75 bits per heavy atom. The van der Waals surface area contributed by atoms with Crippen molar-refractivity contribution in [1.82, 2.24) is 9.97 Å². The fourth-order valence-electron chi connectivity index (χ4n) is 1.13. The number of hydrogen-bond donors (Lipinski definition) is 2. The van der Waals surface area contributed by atoms with E-state index in [1.807, 2.05) is 20.8 Å². The summed E-state index contributed by atoms with van der Waals surface area (Å²) in [6.45, 7) is 6.01. The first-order valence-electron chi connectivity index (χ1n) is 3.92. The van der Waals surface area contributed by atoms with Gasteiger partial charge in [0.2, 0.25) is 5.95 Å². The lowest BCUT2D eigenvalue weighted by atomic mass is 10.1. The molecule has 0 aliphatic heterocycles. The second kappa shape index (κ2) is 2.97. The van der Waals surface area contributed by atoms with Gasteiger partial charge in [0.05, 0.1) is 5.69 Å².